The maximum Gasteiger partial charge on any atom is 0.311 e. The average molecular weight is 301 g/mol. The predicted molar refractivity (Wildman–Crippen MR) is 82.2 cm³/mol. The van der Waals surface area contributed by atoms with Crippen molar-refractivity contribution in [2.24, 2.45) is 5.73 Å². The van der Waals surface area contributed by atoms with Crippen LogP contribution in [0, 0.1) is 15.5 Å². The minimum Gasteiger partial charge on any atom is -0.502 e. The highest BCUT2D eigenvalue weighted by molar-refractivity contribution is 5.99. The van der Waals surface area contributed by atoms with Crippen LogP contribution in [-0.4, -0.2) is 21.6 Å². The van der Waals surface area contributed by atoms with E-state index in [1.807, 2.05) is 6.07 Å². The Bertz CT molecular complexity index is 667. The molecule has 22 heavy (non-hydrogen) atoms. The second-order valence-corrected chi connectivity index (χ2v) is 4.29. The number of para-hydroxylation sites is 1. The van der Waals surface area contributed by atoms with E-state index in [1.54, 1.807) is 24.3 Å². The molecule has 7 heteroatoms. The summed E-state index contributed by atoms with van der Waals surface area (Å²) in [7, 11) is 0. The van der Waals surface area contributed by atoms with Crippen molar-refractivity contribution in [1.29, 1.82) is 5.41 Å². The Morgan fingerprint density at radius 3 is 2.18 bits per heavy atom. The summed E-state index contributed by atoms with van der Waals surface area (Å²) in [6.45, 7) is 1.46. The SMILES string of the molecule is CC(=N)c1cccc([N+](=O)[O-])c1O.NC(=O)c1ccccc1. The van der Waals surface area contributed by atoms with E-state index in [4.69, 9.17) is 11.1 Å². The molecule has 4 N–H and O–H groups in total. The number of primary amides is 1. The van der Waals surface area contributed by atoms with Gasteiger partial charge < -0.3 is 16.2 Å². The van der Waals surface area contributed by atoms with Gasteiger partial charge in [0.05, 0.1) is 4.92 Å². The molecule has 114 valence electrons. The third-order valence-electron chi connectivity index (χ3n) is 2.67. The lowest BCUT2D eigenvalue weighted by Gasteiger charge is -2.01. The molecule has 0 spiro atoms. The number of benzene rings is 2. The smallest absolute Gasteiger partial charge is 0.311 e. The van der Waals surface area contributed by atoms with Gasteiger partial charge in [-0.3, -0.25) is 14.9 Å². The molecule has 2 aromatic rings. The van der Waals surface area contributed by atoms with E-state index < -0.39 is 10.7 Å². The molecule has 2 aromatic carbocycles. The van der Waals surface area contributed by atoms with E-state index in [0.29, 0.717) is 5.56 Å². The molecular formula is C15H15N3O4. The lowest BCUT2D eigenvalue weighted by molar-refractivity contribution is -0.385. The Morgan fingerprint density at radius 2 is 1.77 bits per heavy atom. The zero-order valence-electron chi connectivity index (χ0n) is 11.8. The number of aromatic hydroxyl groups is 1. The zero-order valence-corrected chi connectivity index (χ0v) is 11.8. The van der Waals surface area contributed by atoms with E-state index >= 15 is 0 Å². The molecule has 0 aromatic heterocycles. The average Bonchev–Trinajstić information content (AvgIpc) is 2.48. The van der Waals surface area contributed by atoms with Crippen molar-refractivity contribution in [2.75, 3.05) is 0 Å². The van der Waals surface area contributed by atoms with Crippen molar-refractivity contribution < 1.29 is 14.8 Å². The maximum atomic E-state index is 10.4. The van der Waals surface area contributed by atoms with Crippen molar-refractivity contribution >= 4 is 17.3 Å². The molecule has 0 aliphatic carbocycles. The van der Waals surface area contributed by atoms with Crippen LogP contribution in [0.1, 0.15) is 22.8 Å². The van der Waals surface area contributed by atoms with Crippen LogP contribution < -0.4 is 5.73 Å². The fourth-order valence-corrected chi connectivity index (χ4v) is 1.58. The summed E-state index contributed by atoms with van der Waals surface area (Å²) in [5, 5.41) is 27.0. The lowest BCUT2D eigenvalue weighted by Crippen LogP contribution is -2.09. The number of nitrogens with one attached hydrogen (secondary N) is 1. The van der Waals surface area contributed by atoms with Crippen LogP contribution in [-0.2, 0) is 0 Å². The number of hydrogen-bond acceptors (Lipinski definition) is 5. The molecule has 0 fully saturated rings. The van der Waals surface area contributed by atoms with Crippen molar-refractivity contribution in [3.8, 4) is 5.75 Å². The first-order chi connectivity index (χ1) is 10.3. The summed E-state index contributed by atoms with van der Waals surface area (Å²) >= 11 is 0. The lowest BCUT2D eigenvalue weighted by atomic mass is 10.1. The van der Waals surface area contributed by atoms with Gasteiger partial charge in [0, 0.05) is 22.9 Å². The summed E-state index contributed by atoms with van der Waals surface area (Å²) in [4.78, 5) is 20.1. The molecule has 0 heterocycles. The summed E-state index contributed by atoms with van der Waals surface area (Å²) in [6, 6.07) is 12.9. The van der Waals surface area contributed by atoms with Gasteiger partial charge >= 0.3 is 5.69 Å². The third-order valence-corrected chi connectivity index (χ3v) is 2.67. The number of phenolic OH excluding ortho intramolecular Hbond substituents is 1. The molecule has 0 aliphatic heterocycles. The number of phenols is 1. The minimum absolute atomic E-state index is 0.0983. The van der Waals surface area contributed by atoms with Crippen molar-refractivity contribution in [3.05, 3.63) is 69.8 Å². The molecule has 1 amide bonds. The largest absolute Gasteiger partial charge is 0.502 e. The quantitative estimate of drug-likeness (QED) is 0.456. The highest BCUT2D eigenvalue weighted by atomic mass is 16.6. The van der Waals surface area contributed by atoms with Crippen LogP contribution in [0.15, 0.2) is 48.5 Å². The summed E-state index contributed by atoms with van der Waals surface area (Å²) in [6.07, 6.45) is 0. The Balaban J connectivity index is 0.000000235. The van der Waals surface area contributed by atoms with Crippen LogP contribution in [0.2, 0.25) is 0 Å². The Morgan fingerprint density at radius 1 is 1.18 bits per heavy atom. The first-order valence-electron chi connectivity index (χ1n) is 6.21. The number of nitrogens with two attached hydrogens (primary N) is 1. The van der Waals surface area contributed by atoms with Gasteiger partial charge in [-0.1, -0.05) is 24.3 Å². The first kappa shape index (κ1) is 16.8. The van der Waals surface area contributed by atoms with E-state index in [-0.39, 0.29) is 22.9 Å². The molecule has 0 bridgehead atoms. The van der Waals surface area contributed by atoms with Crippen molar-refractivity contribution in [1.82, 2.24) is 0 Å². The van der Waals surface area contributed by atoms with Gasteiger partial charge in [0.25, 0.3) is 0 Å². The van der Waals surface area contributed by atoms with E-state index in [1.165, 1.54) is 25.1 Å². The Hall–Kier alpha value is -3.22. The molecule has 2 rings (SSSR count). The number of carbonyl (C=O) groups excluding carboxylic acids is 1. The maximum absolute atomic E-state index is 10.4. The molecule has 0 atom stereocenters. The second-order valence-electron chi connectivity index (χ2n) is 4.29. The fourth-order valence-electron chi connectivity index (χ4n) is 1.58. The standard InChI is InChI=1S/C8H8N2O3.C7H7NO/c1-5(9)6-3-2-4-7(8(6)11)10(12)13;8-7(9)6-4-2-1-3-5-6/h2-4,9,11H,1H3;1-5H,(H2,8,9). The molecule has 7 nitrogen and oxygen atoms in total. The topological polar surface area (TPSA) is 130 Å². The summed E-state index contributed by atoms with van der Waals surface area (Å²) in [5.74, 6) is -0.824. The first-order valence-corrected chi connectivity index (χ1v) is 6.21. The van der Waals surface area contributed by atoms with Gasteiger partial charge in [-0.2, -0.15) is 0 Å². The number of carbonyl (C=O) groups is 1. The van der Waals surface area contributed by atoms with Gasteiger partial charge in [0.15, 0.2) is 0 Å². The second kappa shape index (κ2) is 7.53. The highest BCUT2D eigenvalue weighted by Crippen LogP contribution is 2.29. The van der Waals surface area contributed by atoms with Gasteiger partial charge in [-0.15, -0.1) is 0 Å². The summed E-state index contributed by atoms with van der Waals surface area (Å²) in [5.41, 5.74) is 5.44. The fraction of sp³-hybridized carbons (Fsp3) is 0.0667. The van der Waals surface area contributed by atoms with Gasteiger partial charge in [-0.05, 0) is 25.1 Å². The van der Waals surface area contributed by atoms with E-state index in [0.717, 1.165) is 0 Å². The number of hydrogen-bond donors (Lipinski definition) is 3. The number of nitrogens with zero attached hydrogens (tertiary/aromatic N) is 1. The number of amides is 1. The van der Waals surface area contributed by atoms with Crippen LogP contribution in [0.25, 0.3) is 0 Å². The minimum atomic E-state index is -0.679. The number of nitro benzene ring substituents is 1. The van der Waals surface area contributed by atoms with Crippen LogP contribution in [0.5, 0.6) is 5.75 Å². The third kappa shape index (κ3) is 4.41. The van der Waals surface area contributed by atoms with E-state index in [2.05, 4.69) is 0 Å². The van der Waals surface area contributed by atoms with Gasteiger partial charge in [-0.25, -0.2) is 0 Å². The van der Waals surface area contributed by atoms with Gasteiger partial charge in [0.1, 0.15) is 0 Å². The predicted octanol–water partition coefficient (Wildman–Crippen LogP) is 2.47. The molecule has 0 saturated carbocycles. The van der Waals surface area contributed by atoms with Gasteiger partial charge in [0.2, 0.25) is 11.7 Å². The molecule has 0 saturated heterocycles. The summed E-state index contributed by atoms with van der Waals surface area (Å²) < 4.78 is 0. The molecule has 0 unspecified atom stereocenters. The molecule has 0 aliphatic rings. The Kier molecular flexibility index (Phi) is 5.76. The normalized spacial score (nSPS) is 9.32. The van der Waals surface area contributed by atoms with E-state index in [9.17, 15) is 20.0 Å². The van der Waals surface area contributed by atoms with Crippen LogP contribution in [0.3, 0.4) is 0 Å². The van der Waals surface area contributed by atoms with Crippen molar-refractivity contribution in [2.45, 2.75) is 6.92 Å². The number of rotatable bonds is 3. The molecular weight excluding hydrogens is 286 g/mol. The van der Waals surface area contributed by atoms with Crippen LogP contribution >= 0.6 is 0 Å². The van der Waals surface area contributed by atoms with Crippen molar-refractivity contribution in [3.63, 3.8) is 0 Å². The Labute approximate surface area is 126 Å². The monoisotopic (exact) mass is 301 g/mol. The molecule has 0 radical (unpaired) electrons. The van der Waals surface area contributed by atoms with Crippen LogP contribution in [0.4, 0.5) is 5.69 Å². The zero-order chi connectivity index (χ0) is 16.7. The highest BCUT2D eigenvalue weighted by Gasteiger charge is 2.16. The number of nitro groups is 1.